The molecule has 0 fully saturated rings. The summed E-state index contributed by atoms with van der Waals surface area (Å²) in [5, 5.41) is 20.4. The molecular weight excluding hydrogens is 204 g/mol. The van der Waals surface area contributed by atoms with Crippen molar-refractivity contribution in [2.24, 2.45) is 0 Å². The monoisotopic (exact) mass is 222 g/mol. The van der Waals surface area contributed by atoms with Gasteiger partial charge in [-0.3, -0.25) is 0 Å². The average Bonchev–Trinajstić information content (AvgIpc) is 2.76. The maximum atomic E-state index is 8.59. The summed E-state index contributed by atoms with van der Waals surface area (Å²) in [5.74, 6) is 1.16. The fourth-order valence-electron chi connectivity index (χ4n) is 1.46. The Kier molecular flexibility index (Phi) is 6.31. The van der Waals surface area contributed by atoms with Crippen molar-refractivity contribution < 1.29 is 9.52 Å². The minimum Gasteiger partial charge on any atom is -0.449 e. The van der Waals surface area contributed by atoms with Gasteiger partial charge in [-0.2, -0.15) is 5.26 Å². The first-order valence-corrected chi connectivity index (χ1v) is 5.67. The number of nitriles is 1. The minimum atomic E-state index is 0.288. The minimum absolute atomic E-state index is 0.288. The van der Waals surface area contributed by atoms with Gasteiger partial charge in [0, 0.05) is 6.61 Å². The largest absolute Gasteiger partial charge is 0.449 e. The van der Waals surface area contributed by atoms with Crippen molar-refractivity contribution in [3.63, 3.8) is 0 Å². The van der Waals surface area contributed by atoms with Crippen molar-refractivity contribution in [3.8, 4) is 6.07 Å². The first kappa shape index (κ1) is 12.8. The second-order valence-electron chi connectivity index (χ2n) is 3.69. The first-order chi connectivity index (χ1) is 7.86. The van der Waals surface area contributed by atoms with Crippen molar-refractivity contribution in [3.05, 3.63) is 23.7 Å². The second-order valence-corrected chi connectivity index (χ2v) is 3.69. The van der Waals surface area contributed by atoms with E-state index in [0.29, 0.717) is 12.3 Å². The highest BCUT2D eigenvalue weighted by atomic mass is 16.3. The van der Waals surface area contributed by atoms with Crippen LogP contribution in [0.3, 0.4) is 0 Å². The van der Waals surface area contributed by atoms with E-state index >= 15 is 0 Å². The molecule has 0 unspecified atom stereocenters. The van der Waals surface area contributed by atoms with Crippen LogP contribution < -0.4 is 5.32 Å². The molecule has 0 amide bonds. The lowest BCUT2D eigenvalue weighted by Crippen LogP contribution is -2.14. The molecule has 4 heteroatoms. The second kappa shape index (κ2) is 7.91. The van der Waals surface area contributed by atoms with E-state index in [1.807, 2.05) is 12.1 Å². The summed E-state index contributed by atoms with van der Waals surface area (Å²) < 4.78 is 5.22. The summed E-state index contributed by atoms with van der Waals surface area (Å²) in [4.78, 5) is 0. The Hall–Kier alpha value is -1.31. The predicted molar refractivity (Wildman–Crippen MR) is 60.7 cm³/mol. The SMILES string of the molecule is N#Cc1ccc(CNCCCCCCO)o1. The predicted octanol–water partition coefficient (Wildman–Crippen LogP) is 1.79. The Balaban J connectivity index is 2.01. The quantitative estimate of drug-likeness (QED) is 0.658. The van der Waals surface area contributed by atoms with Gasteiger partial charge in [0.05, 0.1) is 6.54 Å². The molecule has 0 saturated carbocycles. The molecule has 0 aliphatic heterocycles. The van der Waals surface area contributed by atoms with Crippen LogP contribution in [0.1, 0.15) is 37.2 Å². The van der Waals surface area contributed by atoms with Crippen molar-refractivity contribution >= 4 is 0 Å². The van der Waals surface area contributed by atoms with E-state index in [0.717, 1.165) is 38.0 Å². The lowest BCUT2D eigenvalue weighted by molar-refractivity contribution is 0.282. The first-order valence-electron chi connectivity index (χ1n) is 5.67. The summed E-state index contributed by atoms with van der Waals surface area (Å²) in [7, 11) is 0. The molecule has 1 rings (SSSR count). The Bertz CT molecular complexity index is 328. The van der Waals surface area contributed by atoms with Crippen LogP contribution in [0.25, 0.3) is 0 Å². The molecule has 1 heterocycles. The maximum Gasteiger partial charge on any atom is 0.203 e. The van der Waals surface area contributed by atoms with Gasteiger partial charge >= 0.3 is 0 Å². The molecule has 0 aliphatic rings. The smallest absolute Gasteiger partial charge is 0.203 e. The highest BCUT2D eigenvalue weighted by molar-refractivity contribution is 5.18. The fraction of sp³-hybridized carbons (Fsp3) is 0.583. The van der Waals surface area contributed by atoms with Crippen LogP contribution in [0.15, 0.2) is 16.5 Å². The normalized spacial score (nSPS) is 10.2. The van der Waals surface area contributed by atoms with Crippen LogP contribution in [0.2, 0.25) is 0 Å². The number of aliphatic hydroxyl groups excluding tert-OH is 1. The third kappa shape index (κ3) is 4.96. The highest BCUT2D eigenvalue weighted by Gasteiger charge is 1.99. The van der Waals surface area contributed by atoms with Crippen LogP contribution in [0.4, 0.5) is 0 Å². The molecule has 0 aliphatic carbocycles. The van der Waals surface area contributed by atoms with Crippen LogP contribution in [-0.4, -0.2) is 18.3 Å². The number of nitrogens with one attached hydrogen (secondary N) is 1. The Morgan fingerprint density at radius 1 is 1.25 bits per heavy atom. The van der Waals surface area contributed by atoms with Crippen molar-refractivity contribution in [1.29, 1.82) is 5.26 Å². The number of aliphatic hydroxyl groups is 1. The Morgan fingerprint density at radius 3 is 2.75 bits per heavy atom. The number of furan rings is 1. The molecule has 4 nitrogen and oxygen atoms in total. The molecule has 16 heavy (non-hydrogen) atoms. The number of hydrogen-bond acceptors (Lipinski definition) is 4. The molecular formula is C12H18N2O2. The van der Waals surface area contributed by atoms with Gasteiger partial charge in [-0.05, 0) is 31.5 Å². The van der Waals surface area contributed by atoms with Gasteiger partial charge in [0.1, 0.15) is 11.8 Å². The van der Waals surface area contributed by atoms with E-state index in [2.05, 4.69) is 5.32 Å². The third-order valence-corrected chi connectivity index (χ3v) is 2.33. The van der Waals surface area contributed by atoms with Crippen molar-refractivity contribution in [2.75, 3.05) is 13.2 Å². The van der Waals surface area contributed by atoms with Crippen LogP contribution >= 0.6 is 0 Å². The lowest BCUT2D eigenvalue weighted by Gasteiger charge is -2.02. The molecule has 0 spiro atoms. The molecule has 88 valence electrons. The number of nitrogens with zero attached hydrogens (tertiary/aromatic N) is 1. The summed E-state index contributed by atoms with van der Waals surface area (Å²) in [6.07, 6.45) is 4.21. The molecule has 0 saturated heterocycles. The van der Waals surface area contributed by atoms with Gasteiger partial charge in [0.25, 0.3) is 0 Å². The topological polar surface area (TPSA) is 69.2 Å². The summed E-state index contributed by atoms with van der Waals surface area (Å²) in [6.45, 7) is 1.90. The number of hydrogen-bond donors (Lipinski definition) is 2. The van der Waals surface area contributed by atoms with E-state index in [1.165, 1.54) is 0 Å². The van der Waals surface area contributed by atoms with Gasteiger partial charge in [-0.15, -0.1) is 0 Å². The lowest BCUT2D eigenvalue weighted by atomic mass is 10.2. The molecule has 0 bridgehead atoms. The number of rotatable bonds is 8. The van der Waals surface area contributed by atoms with Gasteiger partial charge < -0.3 is 14.8 Å². The molecule has 0 aromatic carbocycles. The maximum absolute atomic E-state index is 8.59. The highest BCUT2D eigenvalue weighted by Crippen LogP contribution is 2.06. The summed E-state index contributed by atoms with van der Waals surface area (Å²) in [6, 6.07) is 5.45. The van der Waals surface area contributed by atoms with Gasteiger partial charge in [-0.25, -0.2) is 0 Å². The van der Waals surface area contributed by atoms with Gasteiger partial charge in [-0.1, -0.05) is 12.8 Å². The molecule has 1 aromatic heterocycles. The van der Waals surface area contributed by atoms with Crippen molar-refractivity contribution in [1.82, 2.24) is 5.32 Å². The van der Waals surface area contributed by atoms with E-state index in [9.17, 15) is 0 Å². The summed E-state index contributed by atoms with van der Waals surface area (Å²) >= 11 is 0. The van der Waals surface area contributed by atoms with Crippen LogP contribution in [-0.2, 0) is 6.54 Å². The standard InChI is InChI=1S/C12H18N2O2/c13-9-11-5-6-12(16-11)10-14-7-3-1-2-4-8-15/h5-6,14-15H,1-4,7-8,10H2. The molecule has 0 radical (unpaired) electrons. The third-order valence-electron chi connectivity index (χ3n) is 2.33. The number of unbranched alkanes of at least 4 members (excludes halogenated alkanes) is 3. The van der Waals surface area contributed by atoms with Gasteiger partial charge in [0.15, 0.2) is 0 Å². The zero-order valence-electron chi connectivity index (χ0n) is 9.41. The van der Waals surface area contributed by atoms with Crippen molar-refractivity contribution in [2.45, 2.75) is 32.2 Å². The summed E-state index contributed by atoms with van der Waals surface area (Å²) in [5.41, 5.74) is 0. The van der Waals surface area contributed by atoms with E-state index in [1.54, 1.807) is 6.07 Å². The Morgan fingerprint density at radius 2 is 2.06 bits per heavy atom. The zero-order valence-corrected chi connectivity index (χ0v) is 9.41. The van der Waals surface area contributed by atoms with E-state index < -0.39 is 0 Å². The van der Waals surface area contributed by atoms with E-state index in [-0.39, 0.29) is 6.61 Å². The zero-order chi connectivity index (χ0) is 11.6. The molecule has 0 atom stereocenters. The van der Waals surface area contributed by atoms with Crippen LogP contribution in [0.5, 0.6) is 0 Å². The Labute approximate surface area is 95.9 Å². The average molecular weight is 222 g/mol. The van der Waals surface area contributed by atoms with Gasteiger partial charge in [0.2, 0.25) is 5.76 Å². The van der Waals surface area contributed by atoms with E-state index in [4.69, 9.17) is 14.8 Å². The van der Waals surface area contributed by atoms with Crippen LogP contribution in [0, 0.1) is 11.3 Å². The molecule has 1 aromatic rings. The fourth-order valence-corrected chi connectivity index (χ4v) is 1.46. The molecule has 2 N–H and O–H groups in total.